The van der Waals surface area contributed by atoms with Gasteiger partial charge in [0.2, 0.25) is 0 Å². The highest BCUT2D eigenvalue weighted by Gasteiger charge is 2.36. The molecule has 0 rings (SSSR count). The molecule has 0 spiro atoms. The number of ether oxygens (including phenoxy) is 2. The predicted molar refractivity (Wildman–Crippen MR) is 81.9 cm³/mol. The third-order valence-corrected chi connectivity index (χ3v) is 4.17. The lowest BCUT2D eigenvalue weighted by Crippen LogP contribution is -2.54. The van der Waals surface area contributed by atoms with Crippen LogP contribution in [-0.4, -0.2) is 62.9 Å². The Bertz CT molecular complexity index is 286. The van der Waals surface area contributed by atoms with Crippen molar-refractivity contribution in [1.82, 2.24) is 10.2 Å². The minimum absolute atomic E-state index is 0.220. The second-order valence-electron chi connectivity index (χ2n) is 5.61. The standard InChI is InChI=1S/C15H32N2O3/c1-8-12(2)17(9-10-19-6)13(3)11-15(4,16-5)14(18)20-7/h12-13,16H,8-11H2,1-7H3. The molecule has 0 heterocycles. The molecule has 0 aromatic carbocycles. The first-order valence-electron chi connectivity index (χ1n) is 7.38. The number of carbonyl (C=O) groups is 1. The normalized spacial score (nSPS) is 17.6. The summed E-state index contributed by atoms with van der Waals surface area (Å²) in [7, 11) is 4.94. The summed E-state index contributed by atoms with van der Waals surface area (Å²) in [6.07, 6.45) is 1.77. The smallest absolute Gasteiger partial charge is 0.325 e. The highest BCUT2D eigenvalue weighted by Crippen LogP contribution is 2.20. The van der Waals surface area contributed by atoms with Crippen LogP contribution in [0.2, 0.25) is 0 Å². The molecule has 0 aliphatic heterocycles. The monoisotopic (exact) mass is 288 g/mol. The molecule has 0 saturated heterocycles. The molecule has 0 aliphatic rings. The van der Waals surface area contributed by atoms with E-state index < -0.39 is 5.54 Å². The molecule has 1 N–H and O–H groups in total. The van der Waals surface area contributed by atoms with Crippen molar-refractivity contribution in [2.75, 3.05) is 34.4 Å². The van der Waals surface area contributed by atoms with Gasteiger partial charge in [0, 0.05) is 25.7 Å². The Kier molecular flexibility index (Phi) is 9.01. The molecule has 0 saturated carbocycles. The average molecular weight is 288 g/mol. The summed E-state index contributed by atoms with van der Waals surface area (Å²) in [5.74, 6) is -0.220. The Morgan fingerprint density at radius 1 is 1.30 bits per heavy atom. The van der Waals surface area contributed by atoms with Crippen molar-refractivity contribution in [1.29, 1.82) is 0 Å². The largest absolute Gasteiger partial charge is 0.468 e. The van der Waals surface area contributed by atoms with E-state index in [1.54, 1.807) is 14.2 Å². The maximum atomic E-state index is 11.9. The maximum Gasteiger partial charge on any atom is 0.325 e. The van der Waals surface area contributed by atoms with Crippen molar-refractivity contribution in [2.24, 2.45) is 0 Å². The van der Waals surface area contributed by atoms with E-state index in [-0.39, 0.29) is 12.0 Å². The summed E-state index contributed by atoms with van der Waals surface area (Å²) in [5.41, 5.74) is -0.660. The molecule has 0 aromatic heterocycles. The van der Waals surface area contributed by atoms with Crippen LogP contribution in [0.15, 0.2) is 0 Å². The molecule has 0 radical (unpaired) electrons. The predicted octanol–water partition coefficient (Wildman–Crippen LogP) is 1.66. The summed E-state index contributed by atoms with van der Waals surface area (Å²) in [5, 5.41) is 3.10. The van der Waals surface area contributed by atoms with E-state index in [1.165, 1.54) is 7.11 Å². The minimum atomic E-state index is -0.660. The van der Waals surface area contributed by atoms with Crippen LogP contribution in [0.4, 0.5) is 0 Å². The summed E-state index contributed by atoms with van der Waals surface area (Å²) in [4.78, 5) is 14.3. The molecule has 20 heavy (non-hydrogen) atoms. The second-order valence-corrected chi connectivity index (χ2v) is 5.61. The van der Waals surface area contributed by atoms with Crippen LogP contribution in [0.25, 0.3) is 0 Å². The molecule has 0 aliphatic carbocycles. The third kappa shape index (κ3) is 5.38. The van der Waals surface area contributed by atoms with Crippen molar-refractivity contribution in [2.45, 2.75) is 58.2 Å². The van der Waals surface area contributed by atoms with E-state index in [9.17, 15) is 4.79 Å². The second kappa shape index (κ2) is 9.32. The zero-order valence-corrected chi connectivity index (χ0v) is 14.2. The Balaban J connectivity index is 4.87. The summed E-state index contributed by atoms with van der Waals surface area (Å²) in [6.45, 7) is 9.99. The quantitative estimate of drug-likeness (QED) is 0.620. The summed E-state index contributed by atoms with van der Waals surface area (Å²) < 4.78 is 10.1. The van der Waals surface area contributed by atoms with Crippen molar-refractivity contribution in [3.8, 4) is 0 Å². The number of likely N-dealkylation sites (N-methyl/N-ethyl adjacent to an activating group) is 1. The highest BCUT2D eigenvalue weighted by molar-refractivity contribution is 5.80. The van der Waals surface area contributed by atoms with Crippen LogP contribution in [0.5, 0.6) is 0 Å². The van der Waals surface area contributed by atoms with Crippen molar-refractivity contribution < 1.29 is 14.3 Å². The van der Waals surface area contributed by atoms with Crippen LogP contribution >= 0.6 is 0 Å². The lowest BCUT2D eigenvalue weighted by molar-refractivity contribution is -0.148. The molecule has 0 fully saturated rings. The van der Waals surface area contributed by atoms with E-state index in [1.807, 2.05) is 6.92 Å². The van der Waals surface area contributed by atoms with Crippen molar-refractivity contribution >= 4 is 5.97 Å². The highest BCUT2D eigenvalue weighted by atomic mass is 16.5. The van der Waals surface area contributed by atoms with Crippen molar-refractivity contribution in [3.63, 3.8) is 0 Å². The Hall–Kier alpha value is -0.650. The zero-order valence-electron chi connectivity index (χ0n) is 14.2. The number of esters is 1. The SMILES string of the molecule is CCC(C)N(CCOC)C(C)CC(C)(NC)C(=O)OC. The fourth-order valence-corrected chi connectivity index (χ4v) is 2.53. The number of carbonyl (C=O) groups excluding carboxylic acids is 1. The van der Waals surface area contributed by atoms with Gasteiger partial charge in [-0.2, -0.15) is 0 Å². The van der Waals surface area contributed by atoms with E-state index >= 15 is 0 Å². The zero-order chi connectivity index (χ0) is 15.8. The van der Waals surface area contributed by atoms with Crippen molar-refractivity contribution in [3.05, 3.63) is 0 Å². The molecular weight excluding hydrogens is 256 g/mol. The Morgan fingerprint density at radius 3 is 2.30 bits per heavy atom. The lowest BCUT2D eigenvalue weighted by Gasteiger charge is -2.38. The molecule has 3 atom stereocenters. The molecule has 5 heteroatoms. The van der Waals surface area contributed by atoms with Gasteiger partial charge in [0.05, 0.1) is 13.7 Å². The van der Waals surface area contributed by atoms with Gasteiger partial charge in [-0.1, -0.05) is 6.92 Å². The van der Waals surface area contributed by atoms with Crippen LogP contribution in [0, 0.1) is 0 Å². The molecule has 5 nitrogen and oxygen atoms in total. The van der Waals surface area contributed by atoms with Gasteiger partial charge in [0.15, 0.2) is 0 Å². The number of methoxy groups -OCH3 is 2. The molecule has 3 unspecified atom stereocenters. The maximum absolute atomic E-state index is 11.9. The van der Waals surface area contributed by atoms with Gasteiger partial charge >= 0.3 is 5.97 Å². The molecule has 0 aromatic rings. The van der Waals surface area contributed by atoms with E-state index in [0.717, 1.165) is 13.0 Å². The number of hydrogen-bond donors (Lipinski definition) is 1. The van der Waals surface area contributed by atoms with Gasteiger partial charge in [0.1, 0.15) is 5.54 Å². The fraction of sp³-hybridized carbons (Fsp3) is 0.933. The summed E-state index contributed by atoms with van der Waals surface area (Å²) >= 11 is 0. The van der Waals surface area contributed by atoms with E-state index in [2.05, 4.69) is 31.0 Å². The number of nitrogens with one attached hydrogen (secondary N) is 1. The minimum Gasteiger partial charge on any atom is -0.468 e. The van der Waals surface area contributed by atoms with Crippen LogP contribution < -0.4 is 5.32 Å². The molecule has 0 bridgehead atoms. The molecular formula is C15H32N2O3. The van der Waals surface area contributed by atoms with Gasteiger partial charge in [0.25, 0.3) is 0 Å². The molecule has 120 valence electrons. The van der Waals surface area contributed by atoms with Gasteiger partial charge in [-0.05, 0) is 40.7 Å². The van der Waals surface area contributed by atoms with Gasteiger partial charge < -0.3 is 14.8 Å². The van der Waals surface area contributed by atoms with Crippen LogP contribution in [0.3, 0.4) is 0 Å². The van der Waals surface area contributed by atoms with Crippen LogP contribution in [-0.2, 0) is 14.3 Å². The number of rotatable bonds is 10. The Labute approximate surface area is 124 Å². The number of hydrogen-bond acceptors (Lipinski definition) is 5. The first-order chi connectivity index (χ1) is 9.36. The van der Waals surface area contributed by atoms with Gasteiger partial charge in [-0.15, -0.1) is 0 Å². The van der Waals surface area contributed by atoms with E-state index in [4.69, 9.17) is 9.47 Å². The fourth-order valence-electron chi connectivity index (χ4n) is 2.53. The topological polar surface area (TPSA) is 50.8 Å². The van der Waals surface area contributed by atoms with Gasteiger partial charge in [-0.25, -0.2) is 0 Å². The Morgan fingerprint density at radius 2 is 1.90 bits per heavy atom. The first-order valence-corrected chi connectivity index (χ1v) is 7.38. The number of nitrogens with zero attached hydrogens (tertiary/aromatic N) is 1. The van der Waals surface area contributed by atoms with Crippen LogP contribution in [0.1, 0.15) is 40.5 Å². The van der Waals surface area contributed by atoms with Gasteiger partial charge in [-0.3, -0.25) is 9.69 Å². The summed E-state index contributed by atoms with van der Waals surface area (Å²) in [6, 6.07) is 0.718. The van der Waals surface area contributed by atoms with E-state index in [0.29, 0.717) is 19.1 Å². The third-order valence-electron chi connectivity index (χ3n) is 4.17. The molecule has 0 amide bonds. The lowest BCUT2D eigenvalue weighted by atomic mass is 9.92. The first kappa shape index (κ1) is 19.4. The average Bonchev–Trinajstić information content (AvgIpc) is 2.45.